The van der Waals surface area contributed by atoms with Gasteiger partial charge in [-0.05, 0) is 52.2 Å². The van der Waals surface area contributed by atoms with Crippen LogP contribution in [0.2, 0.25) is 10.0 Å². The van der Waals surface area contributed by atoms with Gasteiger partial charge in [0.1, 0.15) is 0 Å². The molecular formula is C14H12BrCl2N. The molecule has 0 saturated heterocycles. The van der Waals surface area contributed by atoms with Crippen molar-refractivity contribution in [3.8, 4) is 0 Å². The predicted octanol–water partition coefficient (Wildman–Crippen LogP) is 5.68. The maximum Gasteiger partial charge on any atom is 0.0642 e. The highest BCUT2D eigenvalue weighted by Crippen LogP contribution is 2.28. The summed E-state index contributed by atoms with van der Waals surface area (Å²) in [5.74, 6) is 0. The Morgan fingerprint density at radius 1 is 1.17 bits per heavy atom. The molecule has 2 rings (SSSR count). The maximum atomic E-state index is 6.14. The molecule has 0 fully saturated rings. The molecule has 0 atom stereocenters. The highest BCUT2D eigenvalue weighted by atomic mass is 79.9. The molecule has 0 heterocycles. The number of hydrogen-bond donors (Lipinski definition) is 1. The Morgan fingerprint density at radius 2 is 1.94 bits per heavy atom. The van der Waals surface area contributed by atoms with Crippen molar-refractivity contribution < 1.29 is 0 Å². The van der Waals surface area contributed by atoms with Gasteiger partial charge in [-0.15, -0.1) is 0 Å². The Morgan fingerprint density at radius 3 is 2.67 bits per heavy atom. The summed E-state index contributed by atoms with van der Waals surface area (Å²) in [6, 6.07) is 11.8. The van der Waals surface area contributed by atoms with E-state index >= 15 is 0 Å². The molecule has 2 aromatic carbocycles. The lowest BCUT2D eigenvalue weighted by molar-refractivity contribution is 1.14. The molecule has 0 unspecified atom stereocenters. The van der Waals surface area contributed by atoms with Crippen LogP contribution >= 0.6 is 39.1 Å². The summed E-state index contributed by atoms with van der Waals surface area (Å²) in [4.78, 5) is 0. The lowest BCUT2D eigenvalue weighted by Gasteiger charge is -2.11. The molecule has 0 aliphatic rings. The van der Waals surface area contributed by atoms with Gasteiger partial charge in [0.05, 0.1) is 10.0 Å². The average Bonchev–Trinajstić information content (AvgIpc) is 2.33. The van der Waals surface area contributed by atoms with Gasteiger partial charge < -0.3 is 5.32 Å². The maximum absolute atomic E-state index is 6.14. The number of hydrogen-bond acceptors (Lipinski definition) is 1. The van der Waals surface area contributed by atoms with E-state index in [4.69, 9.17) is 23.2 Å². The van der Waals surface area contributed by atoms with Gasteiger partial charge in [0.25, 0.3) is 0 Å². The first-order valence-electron chi connectivity index (χ1n) is 5.51. The minimum absolute atomic E-state index is 0.582. The van der Waals surface area contributed by atoms with E-state index < -0.39 is 0 Å². The number of halogens is 3. The number of benzene rings is 2. The molecule has 0 radical (unpaired) electrons. The topological polar surface area (TPSA) is 12.0 Å². The first kappa shape index (κ1) is 13.7. The van der Waals surface area contributed by atoms with E-state index in [1.54, 1.807) is 6.07 Å². The van der Waals surface area contributed by atoms with E-state index in [0.29, 0.717) is 16.6 Å². The van der Waals surface area contributed by atoms with E-state index in [2.05, 4.69) is 40.3 Å². The fraction of sp³-hybridized carbons (Fsp3) is 0.143. The van der Waals surface area contributed by atoms with Crippen LogP contribution < -0.4 is 5.32 Å². The molecule has 0 aliphatic carbocycles. The van der Waals surface area contributed by atoms with E-state index in [-0.39, 0.29) is 0 Å². The molecular weight excluding hydrogens is 333 g/mol. The van der Waals surface area contributed by atoms with Gasteiger partial charge in [-0.3, -0.25) is 0 Å². The predicted molar refractivity (Wildman–Crippen MR) is 82.7 cm³/mol. The summed E-state index contributed by atoms with van der Waals surface area (Å²) in [5, 5.41) is 4.52. The van der Waals surface area contributed by atoms with Gasteiger partial charge in [0.2, 0.25) is 0 Å². The minimum atomic E-state index is 0.582. The molecule has 0 amide bonds. The largest absolute Gasteiger partial charge is 0.380 e. The summed E-state index contributed by atoms with van der Waals surface area (Å²) in [6.07, 6.45) is 0. The third-order valence-corrected chi connectivity index (χ3v) is 4.14. The Hall–Kier alpha value is -0.700. The first-order valence-corrected chi connectivity index (χ1v) is 7.06. The van der Waals surface area contributed by atoms with Crippen LogP contribution in [0.4, 0.5) is 5.69 Å². The van der Waals surface area contributed by atoms with Crippen LogP contribution in [0.3, 0.4) is 0 Å². The highest BCUT2D eigenvalue weighted by molar-refractivity contribution is 9.10. The molecule has 1 nitrogen and oxygen atoms in total. The van der Waals surface area contributed by atoms with Crippen molar-refractivity contribution in [2.45, 2.75) is 13.5 Å². The van der Waals surface area contributed by atoms with Gasteiger partial charge in [-0.1, -0.05) is 41.4 Å². The van der Waals surface area contributed by atoms with Crippen LogP contribution in [0.5, 0.6) is 0 Å². The normalized spacial score (nSPS) is 10.4. The average molecular weight is 345 g/mol. The fourth-order valence-corrected chi connectivity index (χ4v) is 2.66. The standard InChI is InChI=1S/C14H12BrCl2N/c1-9-5-6-13(11(15)7-9)18-8-10-3-2-4-12(16)14(10)17/h2-7,18H,8H2,1H3. The molecule has 0 aromatic heterocycles. The van der Waals surface area contributed by atoms with Crippen LogP contribution in [-0.4, -0.2) is 0 Å². The monoisotopic (exact) mass is 343 g/mol. The van der Waals surface area contributed by atoms with Crippen LogP contribution in [-0.2, 0) is 6.54 Å². The molecule has 0 aliphatic heterocycles. The zero-order valence-corrected chi connectivity index (χ0v) is 12.9. The van der Waals surface area contributed by atoms with Crippen molar-refractivity contribution in [3.63, 3.8) is 0 Å². The highest BCUT2D eigenvalue weighted by Gasteiger charge is 2.05. The second-order valence-electron chi connectivity index (χ2n) is 4.05. The van der Waals surface area contributed by atoms with Crippen molar-refractivity contribution in [1.82, 2.24) is 0 Å². The number of rotatable bonds is 3. The zero-order chi connectivity index (χ0) is 13.1. The summed E-state index contributed by atoms with van der Waals surface area (Å²) in [5.41, 5.74) is 3.24. The van der Waals surface area contributed by atoms with Crippen molar-refractivity contribution in [3.05, 3.63) is 62.0 Å². The van der Waals surface area contributed by atoms with Gasteiger partial charge in [0, 0.05) is 16.7 Å². The van der Waals surface area contributed by atoms with Gasteiger partial charge in [-0.2, -0.15) is 0 Å². The second-order valence-corrected chi connectivity index (χ2v) is 5.69. The molecule has 94 valence electrons. The number of nitrogens with one attached hydrogen (secondary N) is 1. The second kappa shape index (κ2) is 5.96. The summed E-state index contributed by atoms with van der Waals surface area (Å²) >= 11 is 15.7. The van der Waals surface area contributed by atoms with Crippen LogP contribution in [0.1, 0.15) is 11.1 Å². The van der Waals surface area contributed by atoms with E-state index in [0.717, 1.165) is 15.7 Å². The van der Waals surface area contributed by atoms with E-state index in [1.807, 2.05) is 18.2 Å². The van der Waals surface area contributed by atoms with E-state index in [9.17, 15) is 0 Å². The molecule has 18 heavy (non-hydrogen) atoms. The molecule has 2 aromatic rings. The van der Waals surface area contributed by atoms with Crippen LogP contribution in [0.15, 0.2) is 40.9 Å². The SMILES string of the molecule is Cc1ccc(NCc2cccc(Cl)c2Cl)c(Br)c1. The quantitative estimate of drug-likeness (QED) is 0.755. The van der Waals surface area contributed by atoms with Gasteiger partial charge >= 0.3 is 0 Å². The van der Waals surface area contributed by atoms with Crippen molar-refractivity contribution >= 4 is 44.8 Å². The van der Waals surface area contributed by atoms with Crippen molar-refractivity contribution in [2.75, 3.05) is 5.32 Å². The van der Waals surface area contributed by atoms with Gasteiger partial charge in [-0.25, -0.2) is 0 Å². The lowest BCUT2D eigenvalue weighted by Crippen LogP contribution is -2.01. The van der Waals surface area contributed by atoms with Crippen molar-refractivity contribution in [1.29, 1.82) is 0 Å². The van der Waals surface area contributed by atoms with E-state index in [1.165, 1.54) is 5.56 Å². The third-order valence-electron chi connectivity index (χ3n) is 2.63. The lowest BCUT2D eigenvalue weighted by atomic mass is 10.2. The van der Waals surface area contributed by atoms with Crippen LogP contribution in [0, 0.1) is 6.92 Å². The summed E-state index contributed by atoms with van der Waals surface area (Å²) in [7, 11) is 0. The Balaban J connectivity index is 2.14. The molecule has 4 heteroatoms. The summed E-state index contributed by atoms with van der Waals surface area (Å²) in [6.45, 7) is 2.70. The Kier molecular flexibility index (Phi) is 4.55. The molecule has 1 N–H and O–H groups in total. The Labute approximate surface area is 125 Å². The number of aryl methyl sites for hydroxylation is 1. The molecule has 0 saturated carbocycles. The third kappa shape index (κ3) is 3.19. The van der Waals surface area contributed by atoms with Gasteiger partial charge in [0.15, 0.2) is 0 Å². The van der Waals surface area contributed by atoms with Crippen LogP contribution in [0.25, 0.3) is 0 Å². The smallest absolute Gasteiger partial charge is 0.0642 e. The molecule has 0 bridgehead atoms. The first-order chi connectivity index (χ1) is 8.58. The number of anilines is 1. The van der Waals surface area contributed by atoms with Crippen molar-refractivity contribution in [2.24, 2.45) is 0 Å². The fourth-order valence-electron chi connectivity index (χ4n) is 1.64. The zero-order valence-electron chi connectivity index (χ0n) is 9.81. The minimum Gasteiger partial charge on any atom is -0.380 e. The molecule has 0 spiro atoms. The summed E-state index contributed by atoms with van der Waals surface area (Å²) < 4.78 is 1.04. The Bertz CT molecular complexity index is 570.